The summed E-state index contributed by atoms with van der Waals surface area (Å²) in [6.45, 7) is 0. The third kappa shape index (κ3) is 3.77. The van der Waals surface area contributed by atoms with E-state index in [1.165, 1.54) is 0 Å². The van der Waals surface area contributed by atoms with Crippen LogP contribution in [-0.4, -0.2) is 25.0 Å². The van der Waals surface area contributed by atoms with Crippen molar-refractivity contribution in [2.45, 2.75) is 11.7 Å². The summed E-state index contributed by atoms with van der Waals surface area (Å²) in [4.78, 5) is 10.7. The number of benzene rings is 1. The molecule has 118 valence electrons. The second-order valence-electron chi connectivity index (χ2n) is 3.61. The summed E-state index contributed by atoms with van der Waals surface area (Å²) in [6.07, 6.45) is -4.99. The van der Waals surface area contributed by atoms with E-state index in [-0.39, 0.29) is 6.07 Å². The van der Waals surface area contributed by atoms with Gasteiger partial charge in [-0.1, -0.05) is 0 Å². The van der Waals surface area contributed by atoms with Gasteiger partial charge in [0.15, 0.2) is 0 Å². The smallest absolute Gasteiger partial charge is 0.478 e. The predicted molar refractivity (Wildman–Crippen MR) is 57.0 cm³/mol. The number of carbonyl (C=O) groups is 1. The minimum Gasteiger partial charge on any atom is -0.478 e. The molecule has 21 heavy (non-hydrogen) atoms. The Morgan fingerprint density at radius 3 is 2.00 bits per heavy atom. The number of carboxylic acids is 1. The molecule has 12 heteroatoms. The van der Waals surface area contributed by atoms with Gasteiger partial charge in [-0.05, 0) is 18.2 Å². The summed E-state index contributed by atoms with van der Waals surface area (Å²) in [7, 11) is -6.05. The van der Waals surface area contributed by atoms with Crippen LogP contribution in [-0.2, 0) is 16.2 Å². The highest BCUT2D eigenvalue weighted by molar-refractivity contribution is 7.93. The Kier molecular flexibility index (Phi) is 4.14. The van der Waals surface area contributed by atoms with Gasteiger partial charge in [0.1, 0.15) is 0 Å². The van der Waals surface area contributed by atoms with Crippen LogP contribution in [0.2, 0.25) is 0 Å². The molecule has 0 atom stereocenters. The summed E-state index contributed by atoms with van der Waals surface area (Å²) in [5, 5.41) is 8.66. The maximum atomic E-state index is 12.4. The fourth-order valence-electron chi connectivity index (χ4n) is 1.19. The average molecular weight is 337 g/mol. The van der Waals surface area contributed by atoms with Gasteiger partial charge in [0.2, 0.25) is 0 Å². The monoisotopic (exact) mass is 337 g/mol. The maximum absolute atomic E-state index is 12.4. The van der Waals surface area contributed by atoms with Gasteiger partial charge in [0.05, 0.1) is 16.8 Å². The number of alkyl halides is 6. The molecule has 0 fully saturated rings. The summed E-state index contributed by atoms with van der Waals surface area (Å²) in [6, 6.07) is 0.612. The Morgan fingerprint density at radius 1 is 1.10 bits per heavy atom. The second-order valence-corrected chi connectivity index (χ2v) is 5.29. The zero-order valence-electron chi connectivity index (χ0n) is 9.58. The molecule has 1 aromatic rings. The van der Waals surface area contributed by atoms with Gasteiger partial charge in [-0.3, -0.25) is 4.72 Å². The molecular weight excluding hydrogens is 332 g/mol. The summed E-state index contributed by atoms with van der Waals surface area (Å²) < 4.78 is 96.2. The zero-order chi connectivity index (χ0) is 16.6. The van der Waals surface area contributed by atoms with Crippen molar-refractivity contribution >= 4 is 21.7 Å². The van der Waals surface area contributed by atoms with Gasteiger partial charge in [0, 0.05) is 0 Å². The van der Waals surface area contributed by atoms with Crippen LogP contribution in [0, 0.1) is 0 Å². The van der Waals surface area contributed by atoms with Gasteiger partial charge >= 0.3 is 27.7 Å². The third-order valence-electron chi connectivity index (χ3n) is 2.13. The lowest BCUT2D eigenvalue weighted by Gasteiger charge is -2.14. The van der Waals surface area contributed by atoms with Crippen LogP contribution >= 0.6 is 0 Å². The van der Waals surface area contributed by atoms with E-state index in [0.717, 1.165) is 4.72 Å². The molecule has 0 aliphatic carbocycles. The fourth-order valence-corrected chi connectivity index (χ4v) is 1.77. The molecule has 0 spiro atoms. The SMILES string of the molecule is O=C(O)c1ccc(C(F)(F)F)cc1NS(=O)(=O)C(F)(F)F. The van der Waals surface area contributed by atoms with E-state index in [1.807, 2.05) is 0 Å². The molecule has 1 aromatic carbocycles. The zero-order valence-corrected chi connectivity index (χ0v) is 10.4. The molecule has 0 amide bonds. The topological polar surface area (TPSA) is 83.5 Å². The Bertz CT molecular complexity index is 664. The Balaban J connectivity index is 3.42. The number of rotatable bonds is 3. The normalized spacial score (nSPS) is 13.0. The van der Waals surface area contributed by atoms with Crippen LogP contribution in [0.15, 0.2) is 18.2 Å². The molecule has 0 radical (unpaired) electrons. The van der Waals surface area contributed by atoms with Gasteiger partial charge in [0.25, 0.3) is 0 Å². The Morgan fingerprint density at radius 2 is 1.62 bits per heavy atom. The van der Waals surface area contributed by atoms with Crippen LogP contribution < -0.4 is 4.72 Å². The van der Waals surface area contributed by atoms with E-state index in [9.17, 15) is 39.6 Å². The molecule has 0 aromatic heterocycles. The first-order chi connectivity index (χ1) is 9.25. The summed E-state index contributed by atoms with van der Waals surface area (Å²) in [5.74, 6) is -1.90. The number of nitrogens with one attached hydrogen (secondary N) is 1. The predicted octanol–water partition coefficient (Wildman–Crippen LogP) is 2.67. The second kappa shape index (κ2) is 5.09. The van der Waals surface area contributed by atoms with Gasteiger partial charge in [-0.2, -0.15) is 34.8 Å². The first kappa shape index (κ1) is 17.1. The van der Waals surface area contributed by atoms with Crippen LogP contribution in [0.25, 0.3) is 0 Å². The van der Waals surface area contributed by atoms with E-state index in [4.69, 9.17) is 5.11 Å². The molecule has 2 N–H and O–H groups in total. The molecule has 1 rings (SSSR count). The first-order valence-corrected chi connectivity index (χ1v) is 6.27. The molecule has 0 aliphatic rings. The van der Waals surface area contributed by atoms with E-state index in [1.54, 1.807) is 0 Å². The first-order valence-electron chi connectivity index (χ1n) is 4.79. The van der Waals surface area contributed by atoms with Gasteiger partial charge < -0.3 is 5.11 Å². The van der Waals surface area contributed by atoms with Crippen molar-refractivity contribution < 1.29 is 44.7 Å². The molecule has 0 aliphatic heterocycles. The largest absolute Gasteiger partial charge is 0.516 e. The van der Waals surface area contributed by atoms with Crippen molar-refractivity contribution in [3.05, 3.63) is 29.3 Å². The third-order valence-corrected chi connectivity index (χ3v) is 3.22. The van der Waals surface area contributed by atoms with E-state index < -0.39 is 44.5 Å². The number of sulfonamides is 1. The Hall–Kier alpha value is -1.98. The summed E-state index contributed by atoms with van der Waals surface area (Å²) in [5.41, 5.74) is -9.71. The standard InChI is InChI=1S/C9H5F6NO4S/c10-8(11,12)4-1-2-5(7(17)18)6(3-4)16-21(19,20)9(13,14)15/h1-3,16H,(H,17,18). The van der Waals surface area contributed by atoms with Crippen molar-refractivity contribution in [2.75, 3.05) is 4.72 Å². The molecule has 0 saturated carbocycles. The lowest BCUT2D eigenvalue weighted by atomic mass is 10.1. The van der Waals surface area contributed by atoms with Crippen molar-refractivity contribution in [1.29, 1.82) is 0 Å². The number of hydrogen-bond donors (Lipinski definition) is 2. The molecule has 0 unspecified atom stereocenters. The van der Waals surface area contributed by atoms with Crippen molar-refractivity contribution in [1.82, 2.24) is 0 Å². The van der Waals surface area contributed by atoms with Crippen molar-refractivity contribution in [3.63, 3.8) is 0 Å². The highest BCUT2D eigenvalue weighted by Gasteiger charge is 2.46. The molecular formula is C9H5F6NO4S. The average Bonchev–Trinajstić information content (AvgIpc) is 2.25. The minimum atomic E-state index is -6.05. The quantitative estimate of drug-likeness (QED) is 0.831. The van der Waals surface area contributed by atoms with Crippen LogP contribution in [0.4, 0.5) is 32.0 Å². The van der Waals surface area contributed by atoms with Crippen LogP contribution in [0.1, 0.15) is 15.9 Å². The number of hydrogen-bond acceptors (Lipinski definition) is 3. The molecule has 0 bridgehead atoms. The van der Waals surface area contributed by atoms with Crippen molar-refractivity contribution in [2.24, 2.45) is 0 Å². The number of aromatic carboxylic acids is 1. The number of carboxylic acid groups (broad SMARTS) is 1. The van der Waals surface area contributed by atoms with E-state index >= 15 is 0 Å². The van der Waals surface area contributed by atoms with Crippen LogP contribution in [0.3, 0.4) is 0 Å². The number of anilines is 1. The molecule has 5 nitrogen and oxygen atoms in total. The highest BCUT2D eigenvalue weighted by atomic mass is 32.2. The highest BCUT2D eigenvalue weighted by Crippen LogP contribution is 2.34. The molecule has 0 heterocycles. The van der Waals surface area contributed by atoms with Gasteiger partial charge in [-0.25, -0.2) is 4.79 Å². The minimum absolute atomic E-state index is 0.0350. The van der Waals surface area contributed by atoms with E-state index in [0.29, 0.717) is 12.1 Å². The number of halogens is 6. The van der Waals surface area contributed by atoms with Gasteiger partial charge in [-0.15, -0.1) is 0 Å². The lowest BCUT2D eigenvalue weighted by Crippen LogP contribution is -2.30. The Labute approximate surface area is 113 Å². The lowest BCUT2D eigenvalue weighted by molar-refractivity contribution is -0.137. The molecule has 0 saturated heterocycles. The maximum Gasteiger partial charge on any atom is 0.516 e. The van der Waals surface area contributed by atoms with Crippen molar-refractivity contribution in [3.8, 4) is 0 Å². The summed E-state index contributed by atoms with van der Waals surface area (Å²) >= 11 is 0. The van der Waals surface area contributed by atoms with Crippen LogP contribution in [0.5, 0.6) is 0 Å². The fraction of sp³-hybridized carbons (Fsp3) is 0.222. The van der Waals surface area contributed by atoms with E-state index in [2.05, 4.69) is 0 Å².